The van der Waals surface area contributed by atoms with Gasteiger partial charge in [-0.2, -0.15) is 0 Å². The number of hydrogen-bond acceptors (Lipinski definition) is 17. The van der Waals surface area contributed by atoms with Gasteiger partial charge in [0.25, 0.3) is 0 Å². The Bertz CT molecular complexity index is 2030. The third-order valence-corrected chi connectivity index (χ3v) is 20.9. The van der Waals surface area contributed by atoms with E-state index in [1.807, 2.05) is 6.92 Å². The smallest absolute Gasteiger partial charge is 0.338 e. The lowest BCUT2D eigenvalue weighted by molar-refractivity contribution is -0.297. The lowest BCUT2D eigenvalue weighted by Gasteiger charge is -2.40. The summed E-state index contributed by atoms with van der Waals surface area (Å²) < 4.78 is 26.3. The Hall–Kier alpha value is -3.10. The lowest BCUT2D eigenvalue weighted by atomic mass is 9.97. The van der Waals surface area contributed by atoms with Gasteiger partial charge < -0.3 is 75.0 Å². The van der Waals surface area contributed by atoms with Gasteiger partial charge in [0.15, 0.2) is 23.5 Å². The zero-order chi connectivity index (χ0) is 78.7. The molecule has 9 atom stereocenters. The van der Waals surface area contributed by atoms with E-state index in [0.717, 1.165) is 69.9 Å². The van der Waals surface area contributed by atoms with Crippen LogP contribution in [-0.2, 0) is 28.5 Å². The number of allylic oxidation sites excluding steroid dienone is 2. The molecule has 2 aliphatic rings. The Kier molecular flexibility index (Phi) is 75.9. The summed E-state index contributed by atoms with van der Waals surface area (Å²) in [6, 6.07) is 2.17. The Morgan fingerprint density at radius 2 is 0.776 bits per heavy atom. The number of ether oxygens (including phenoxy) is 5. The number of esters is 2. The van der Waals surface area contributed by atoms with Crippen molar-refractivity contribution in [1.29, 1.82) is 0 Å². The highest BCUT2D eigenvalue weighted by Gasteiger charge is 2.43. The fourth-order valence-electron chi connectivity index (χ4n) is 13.7. The summed E-state index contributed by atoms with van der Waals surface area (Å²) in [5.74, 6) is -2.67. The molecule has 0 aromatic heterocycles. The minimum absolute atomic E-state index is 0.0221. The lowest BCUT2D eigenvalue weighted by Crippen LogP contribution is -2.58. The molecule has 107 heavy (non-hydrogen) atoms. The standard InChI is InChI=1S/C28H59N.C24H44O6.C23H38O5.C15H30O5/c1-3-5-7-9-11-13-15-16-17-18-20-22-24-26-28-29-27-25-23-21-19-14-12-10-8-6-4-2;1-2-3-4-5-6-7-8-9-10-11-12-13-14-15-16-17-22(27)29-19-21(26)24-23(28)20(25)18-30-24;1-2-3-4-5-6-7-8-9-10-11-12-13-14-15-16-28-23(27)19-17-20(24)22(26)21(25)18-19;1-3-5-6-7-8-9-10-19-15-14(18)13(17)12(16)11(4-2)20-15/h29H,3-28H2,1-2H3;9-10,20-21,23-26,28H,2-8,11-19H2,1H3;17-18,24-26H,2-16H2,1H3;11-18H,3-10H2,1-2H3/b;10-9-;;/t;;;11-,12-,13+,14-,15-/m...1/s1. The molecule has 2 fully saturated rings. The van der Waals surface area contributed by atoms with Gasteiger partial charge in [-0.05, 0) is 89.4 Å². The molecule has 0 bridgehead atoms. The van der Waals surface area contributed by atoms with E-state index in [4.69, 9.17) is 23.7 Å². The number of carbonyl (C=O) groups excluding carboxylic acids is 2. The normalized spacial score (nSPS) is 18.7. The van der Waals surface area contributed by atoms with E-state index in [1.54, 1.807) is 0 Å². The van der Waals surface area contributed by atoms with Crippen molar-refractivity contribution in [2.75, 3.05) is 39.5 Å². The van der Waals surface area contributed by atoms with Crippen molar-refractivity contribution < 1.29 is 79.2 Å². The van der Waals surface area contributed by atoms with Crippen molar-refractivity contribution in [1.82, 2.24) is 5.32 Å². The fourth-order valence-corrected chi connectivity index (χ4v) is 13.7. The highest BCUT2D eigenvalue weighted by Crippen LogP contribution is 2.36. The van der Waals surface area contributed by atoms with Crippen LogP contribution in [0.4, 0.5) is 0 Å². The number of phenolic OH excluding ortho intramolecular Hbond substituents is 3. The van der Waals surface area contributed by atoms with Gasteiger partial charge in [0.2, 0.25) is 0 Å². The molecule has 3 rings (SSSR count). The summed E-state index contributed by atoms with van der Waals surface area (Å²) in [5, 5.41) is 90.1. The topological polar surface area (TPSA) is 274 Å². The third kappa shape index (κ3) is 62.1. The largest absolute Gasteiger partial charge is 0.504 e. The molecule has 17 nitrogen and oxygen atoms in total. The average molecular weight is 1520 g/mol. The second-order valence-electron chi connectivity index (χ2n) is 31.1. The van der Waals surface area contributed by atoms with Gasteiger partial charge in [0, 0.05) is 13.0 Å². The number of aromatic hydroxyl groups is 3. The summed E-state index contributed by atoms with van der Waals surface area (Å²) in [6.07, 6.45) is 71.8. The van der Waals surface area contributed by atoms with Crippen LogP contribution in [0.5, 0.6) is 17.2 Å². The first-order chi connectivity index (χ1) is 52.1. The number of aliphatic hydroxyl groups is 6. The average Bonchev–Trinajstić information content (AvgIpc) is 1.34. The van der Waals surface area contributed by atoms with Gasteiger partial charge in [0.05, 0.1) is 24.9 Å². The number of carbonyl (C=O) groups is 2. The number of unbranched alkanes of at least 4 members (excludes halogenated alkanes) is 51. The SMILES string of the molecule is CCCCCCCC/C=C\CCCCCCCC(=O)OCC(O)C1OCC(O)C1O.CCCCCCCCCCCCCCCCNCCCCCCCCCCCC.CCCCCCCCCCCCCCCCOC(=O)c1cc(O)c(O)c(O)c1.CCCCCCCCO[C@@H]1O[C@H](CC)[C@@H](O)[C@H](O)[C@H]1O. The van der Waals surface area contributed by atoms with E-state index in [9.17, 15) is 55.5 Å². The molecule has 1 aromatic rings. The molecule has 1 aromatic carbocycles. The van der Waals surface area contributed by atoms with Crippen molar-refractivity contribution in [2.24, 2.45) is 0 Å². The van der Waals surface area contributed by atoms with Gasteiger partial charge in [0.1, 0.15) is 49.3 Å². The first-order valence-corrected chi connectivity index (χ1v) is 45.0. The van der Waals surface area contributed by atoms with Crippen LogP contribution in [0.15, 0.2) is 24.3 Å². The van der Waals surface area contributed by atoms with Crippen molar-refractivity contribution in [2.45, 2.75) is 475 Å². The third-order valence-electron chi connectivity index (χ3n) is 20.9. The Labute approximate surface area is 655 Å². The van der Waals surface area contributed by atoms with E-state index in [-0.39, 0.29) is 24.7 Å². The van der Waals surface area contributed by atoms with E-state index < -0.39 is 78.3 Å². The number of aliphatic hydroxyl groups excluding tert-OH is 6. The van der Waals surface area contributed by atoms with Crippen LogP contribution in [0.2, 0.25) is 0 Å². The van der Waals surface area contributed by atoms with Gasteiger partial charge >= 0.3 is 11.9 Å². The van der Waals surface area contributed by atoms with E-state index in [2.05, 4.69) is 52.1 Å². The zero-order valence-electron chi connectivity index (χ0n) is 69.9. The van der Waals surface area contributed by atoms with Gasteiger partial charge in [-0.3, -0.25) is 4.79 Å². The summed E-state index contributed by atoms with van der Waals surface area (Å²) in [6.45, 7) is 16.2. The molecule has 0 amide bonds. The molecule has 2 saturated heterocycles. The molecule has 0 saturated carbocycles. The first-order valence-electron chi connectivity index (χ1n) is 45.0. The summed E-state index contributed by atoms with van der Waals surface area (Å²) in [4.78, 5) is 23.6. The van der Waals surface area contributed by atoms with E-state index >= 15 is 0 Å². The van der Waals surface area contributed by atoms with E-state index in [0.29, 0.717) is 26.1 Å². The van der Waals surface area contributed by atoms with Crippen molar-refractivity contribution in [3.63, 3.8) is 0 Å². The minimum atomic E-state index is -1.21. The molecule has 4 unspecified atom stereocenters. The molecule has 0 aliphatic carbocycles. The van der Waals surface area contributed by atoms with Gasteiger partial charge in [-0.1, -0.05) is 362 Å². The Morgan fingerprint density at radius 3 is 1.14 bits per heavy atom. The van der Waals surface area contributed by atoms with Crippen LogP contribution < -0.4 is 5.32 Å². The summed E-state index contributed by atoms with van der Waals surface area (Å²) >= 11 is 0. The van der Waals surface area contributed by atoms with Crippen LogP contribution in [-0.4, -0.2) is 153 Å². The van der Waals surface area contributed by atoms with Crippen molar-refractivity contribution in [3.8, 4) is 17.2 Å². The maximum atomic E-state index is 11.9. The molecule has 0 radical (unpaired) electrons. The van der Waals surface area contributed by atoms with E-state index in [1.165, 1.54) is 321 Å². The highest BCUT2D eigenvalue weighted by atomic mass is 16.7. The zero-order valence-corrected chi connectivity index (χ0v) is 69.9. The minimum Gasteiger partial charge on any atom is -0.504 e. The van der Waals surface area contributed by atoms with Crippen LogP contribution in [0.3, 0.4) is 0 Å². The van der Waals surface area contributed by atoms with Crippen molar-refractivity contribution in [3.05, 3.63) is 29.8 Å². The molecule has 2 heterocycles. The first kappa shape index (κ1) is 104. The van der Waals surface area contributed by atoms with Crippen LogP contribution in [0.25, 0.3) is 0 Å². The molecule has 2 aliphatic heterocycles. The van der Waals surface area contributed by atoms with Crippen molar-refractivity contribution >= 4 is 11.9 Å². The van der Waals surface area contributed by atoms with Crippen LogP contribution in [0.1, 0.15) is 431 Å². The van der Waals surface area contributed by atoms with Gasteiger partial charge in [-0.15, -0.1) is 0 Å². The molecule has 10 N–H and O–H groups in total. The number of rotatable bonds is 69. The van der Waals surface area contributed by atoms with Gasteiger partial charge in [-0.25, -0.2) is 4.79 Å². The Morgan fingerprint density at radius 1 is 0.430 bits per heavy atom. The Balaban J connectivity index is 0.00000141. The summed E-state index contributed by atoms with van der Waals surface area (Å²) in [7, 11) is 0. The number of benzene rings is 1. The highest BCUT2D eigenvalue weighted by molar-refractivity contribution is 5.91. The molecule has 17 heteroatoms. The predicted molar refractivity (Wildman–Crippen MR) is 442 cm³/mol. The second kappa shape index (κ2) is 78.2. The molecular formula is C90H171NO16. The number of hydrogen-bond donors (Lipinski definition) is 10. The maximum absolute atomic E-state index is 11.9. The second-order valence-corrected chi connectivity index (χ2v) is 31.1. The summed E-state index contributed by atoms with van der Waals surface area (Å²) in [5.41, 5.74) is 0.0261. The molecular weight excluding hydrogens is 1350 g/mol. The van der Waals surface area contributed by atoms with Crippen LogP contribution >= 0.6 is 0 Å². The number of phenols is 3. The monoisotopic (exact) mass is 1520 g/mol. The number of nitrogens with one attached hydrogen (secondary N) is 1. The molecule has 0 spiro atoms. The fraction of sp³-hybridized carbons (Fsp3) is 0.889. The quantitative estimate of drug-likeness (QED) is 0.0126. The maximum Gasteiger partial charge on any atom is 0.338 e. The predicted octanol–water partition coefficient (Wildman–Crippen LogP) is 22.0. The molecule has 632 valence electrons. The van der Waals surface area contributed by atoms with Crippen LogP contribution in [0, 0.1) is 0 Å².